The summed E-state index contributed by atoms with van der Waals surface area (Å²) >= 11 is 0. The van der Waals surface area contributed by atoms with E-state index in [1.165, 1.54) is 16.8 Å². The molecule has 0 bridgehead atoms. The highest BCUT2D eigenvalue weighted by molar-refractivity contribution is 5.50. The van der Waals surface area contributed by atoms with Crippen molar-refractivity contribution in [2.75, 3.05) is 5.73 Å². The predicted octanol–water partition coefficient (Wildman–Crippen LogP) is -0.482. The summed E-state index contributed by atoms with van der Waals surface area (Å²) in [5, 5.41) is 0. The SMILES string of the molecule is Cc1cn2cc(N)nc2c(Cn2ccc(=O)[nH]c2=O)n1. The van der Waals surface area contributed by atoms with Crippen LogP contribution in [0.1, 0.15) is 11.4 Å². The topological polar surface area (TPSA) is 111 Å². The number of rotatable bonds is 2. The van der Waals surface area contributed by atoms with E-state index in [1.807, 2.05) is 6.92 Å². The Morgan fingerprint density at radius 1 is 1.30 bits per heavy atom. The fourth-order valence-electron chi connectivity index (χ4n) is 2.05. The van der Waals surface area contributed by atoms with Gasteiger partial charge in [0.05, 0.1) is 18.4 Å². The zero-order chi connectivity index (χ0) is 14.3. The molecule has 0 aliphatic rings. The lowest BCUT2D eigenvalue weighted by Crippen LogP contribution is -2.29. The monoisotopic (exact) mass is 272 g/mol. The fourth-order valence-corrected chi connectivity index (χ4v) is 2.05. The Morgan fingerprint density at radius 2 is 2.10 bits per heavy atom. The molecular weight excluding hydrogens is 260 g/mol. The maximum atomic E-state index is 11.7. The minimum Gasteiger partial charge on any atom is -0.382 e. The van der Waals surface area contributed by atoms with Gasteiger partial charge < -0.3 is 10.1 Å². The van der Waals surface area contributed by atoms with Crippen molar-refractivity contribution >= 4 is 11.5 Å². The Balaban J connectivity index is 2.14. The number of anilines is 1. The summed E-state index contributed by atoms with van der Waals surface area (Å²) < 4.78 is 3.12. The summed E-state index contributed by atoms with van der Waals surface area (Å²) in [5.74, 6) is 0.382. The number of nitrogen functional groups attached to an aromatic ring is 1. The molecule has 3 rings (SSSR count). The molecule has 3 aromatic rings. The molecule has 0 aliphatic carbocycles. The first-order chi connectivity index (χ1) is 9.52. The van der Waals surface area contributed by atoms with Crippen molar-refractivity contribution < 1.29 is 0 Å². The van der Waals surface area contributed by atoms with Gasteiger partial charge in [-0.15, -0.1) is 0 Å². The molecule has 0 amide bonds. The van der Waals surface area contributed by atoms with Gasteiger partial charge in [-0.05, 0) is 6.92 Å². The second kappa shape index (κ2) is 4.34. The molecular formula is C12H12N6O2. The zero-order valence-electron chi connectivity index (χ0n) is 10.7. The Morgan fingerprint density at radius 3 is 2.85 bits per heavy atom. The number of hydrogen-bond acceptors (Lipinski definition) is 5. The largest absolute Gasteiger partial charge is 0.382 e. The number of hydrogen-bond donors (Lipinski definition) is 2. The van der Waals surface area contributed by atoms with Crippen LogP contribution in [0.15, 0.2) is 34.2 Å². The number of aromatic amines is 1. The molecule has 0 saturated heterocycles. The normalized spacial score (nSPS) is 11.1. The fraction of sp³-hybridized carbons (Fsp3) is 0.167. The second-order valence-electron chi connectivity index (χ2n) is 4.46. The molecule has 8 heteroatoms. The number of nitrogens with zero attached hydrogens (tertiary/aromatic N) is 4. The van der Waals surface area contributed by atoms with Crippen molar-refractivity contribution in [3.8, 4) is 0 Å². The minimum absolute atomic E-state index is 0.206. The first-order valence-corrected chi connectivity index (χ1v) is 5.93. The van der Waals surface area contributed by atoms with Gasteiger partial charge in [0.2, 0.25) is 0 Å². The highest BCUT2D eigenvalue weighted by atomic mass is 16.2. The summed E-state index contributed by atoms with van der Waals surface area (Å²) in [6.07, 6.45) is 4.91. The number of aromatic nitrogens is 5. The van der Waals surface area contributed by atoms with Crippen molar-refractivity contribution in [1.29, 1.82) is 0 Å². The maximum Gasteiger partial charge on any atom is 0.328 e. The summed E-state index contributed by atoms with van der Waals surface area (Å²) in [4.78, 5) is 33.5. The van der Waals surface area contributed by atoms with Crippen LogP contribution in [-0.4, -0.2) is 23.9 Å². The highest BCUT2D eigenvalue weighted by Crippen LogP contribution is 2.12. The molecule has 20 heavy (non-hydrogen) atoms. The summed E-state index contributed by atoms with van der Waals surface area (Å²) in [6.45, 7) is 2.05. The Hall–Kier alpha value is -2.90. The van der Waals surface area contributed by atoms with Crippen LogP contribution < -0.4 is 17.0 Å². The van der Waals surface area contributed by atoms with Crippen LogP contribution in [0.4, 0.5) is 5.82 Å². The molecule has 0 radical (unpaired) electrons. The Kier molecular flexibility index (Phi) is 2.63. The third-order valence-corrected chi connectivity index (χ3v) is 2.86. The van der Waals surface area contributed by atoms with Crippen LogP contribution in [0, 0.1) is 6.92 Å². The molecule has 0 spiro atoms. The molecule has 0 atom stereocenters. The highest BCUT2D eigenvalue weighted by Gasteiger charge is 2.09. The van der Waals surface area contributed by atoms with Crippen LogP contribution in [0.25, 0.3) is 5.65 Å². The van der Waals surface area contributed by atoms with Gasteiger partial charge in [0.1, 0.15) is 11.5 Å². The summed E-state index contributed by atoms with van der Waals surface area (Å²) in [7, 11) is 0. The van der Waals surface area contributed by atoms with Gasteiger partial charge in [0, 0.05) is 18.5 Å². The van der Waals surface area contributed by atoms with E-state index < -0.39 is 11.2 Å². The number of aryl methyl sites for hydroxylation is 1. The van der Waals surface area contributed by atoms with Gasteiger partial charge in [-0.2, -0.15) is 0 Å². The minimum atomic E-state index is -0.488. The lowest BCUT2D eigenvalue weighted by atomic mass is 10.3. The third kappa shape index (κ3) is 2.07. The first kappa shape index (κ1) is 12.2. The van der Waals surface area contributed by atoms with Crippen molar-refractivity contribution in [2.45, 2.75) is 13.5 Å². The summed E-state index contributed by atoms with van der Waals surface area (Å²) in [5.41, 5.74) is 6.73. The molecule has 3 N–H and O–H groups in total. The van der Waals surface area contributed by atoms with E-state index >= 15 is 0 Å². The van der Waals surface area contributed by atoms with Crippen molar-refractivity contribution in [2.24, 2.45) is 0 Å². The molecule has 3 aromatic heterocycles. The van der Waals surface area contributed by atoms with E-state index in [4.69, 9.17) is 5.73 Å². The van der Waals surface area contributed by atoms with Gasteiger partial charge in [-0.25, -0.2) is 9.78 Å². The number of fused-ring (bicyclic) bond motifs is 1. The molecule has 0 aromatic carbocycles. The van der Waals surface area contributed by atoms with Gasteiger partial charge in [-0.1, -0.05) is 0 Å². The number of H-pyrrole nitrogens is 1. The Bertz CT molecular complexity index is 904. The van der Waals surface area contributed by atoms with E-state index in [1.54, 1.807) is 16.8 Å². The van der Waals surface area contributed by atoms with Crippen LogP contribution >= 0.6 is 0 Å². The zero-order valence-corrected chi connectivity index (χ0v) is 10.7. The van der Waals surface area contributed by atoms with Crippen LogP contribution in [0.2, 0.25) is 0 Å². The average molecular weight is 272 g/mol. The molecule has 0 aliphatic heterocycles. The maximum absolute atomic E-state index is 11.7. The van der Waals surface area contributed by atoms with E-state index in [0.29, 0.717) is 17.2 Å². The van der Waals surface area contributed by atoms with E-state index in [-0.39, 0.29) is 6.54 Å². The molecule has 102 valence electrons. The van der Waals surface area contributed by atoms with E-state index in [9.17, 15) is 9.59 Å². The molecule has 3 heterocycles. The second-order valence-corrected chi connectivity index (χ2v) is 4.46. The quantitative estimate of drug-likeness (QED) is 0.654. The van der Waals surface area contributed by atoms with E-state index in [0.717, 1.165) is 5.69 Å². The average Bonchev–Trinajstić information content (AvgIpc) is 2.73. The standard InChI is InChI=1S/C12H12N6O2/c1-7-4-18-6-9(13)15-11(18)8(14-7)5-17-3-2-10(19)16-12(17)20/h2-4,6H,5,13H2,1H3,(H,16,19,20). The van der Waals surface area contributed by atoms with E-state index in [2.05, 4.69) is 15.0 Å². The number of imidazole rings is 1. The van der Waals surface area contributed by atoms with Crippen molar-refractivity contribution in [1.82, 2.24) is 23.9 Å². The van der Waals surface area contributed by atoms with Crippen LogP contribution in [0.5, 0.6) is 0 Å². The van der Waals surface area contributed by atoms with Gasteiger partial charge in [0.15, 0.2) is 5.65 Å². The number of nitrogens with two attached hydrogens (primary N) is 1. The van der Waals surface area contributed by atoms with Crippen molar-refractivity contribution in [3.05, 3.63) is 56.9 Å². The third-order valence-electron chi connectivity index (χ3n) is 2.86. The van der Waals surface area contributed by atoms with Gasteiger partial charge in [0.25, 0.3) is 5.56 Å². The molecule has 0 unspecified atom stereocenters. The van der Waals surface area contributed by atoms with Crippen LogP contribution in [0.3, 0.4) is 0 Å². The first-order valence-electron chi connectivity index (χ1n) is 5.93. The van der Waals surface area contributed by atoms with Gasteiger partial charge in [-0.3, -0.25) is 19.3 Å². The molecule has 0 saturated carbocycles. The molecule has 8 nitrogen and oxygen atoms in total. The van der Waals surface area contributed by atoms with Crippen molar-refractivity contribution in [3.63, 3.8) is 0 Å². The lowest BCUT2D eigenvalue weighted by molar-refractivity contribution is 0.702. The summed E-state index contributed by atoms with van der Waals surface area (Å²) in [6, 6.07) is 1.29. The smallest absolute Gasteiger partial charge is 0.328 e. The molecule has 0 fully saturated rings. The Labute approximate surface area is 112 Å². The predicted molar refractivity (Wildman–Crippen MR) is 72.6 cm³/mol. The number of nitrogens with one attached hydrogen (secondary N) is 1. The van der Waals surface area contributed by atoms with Gasteiger partial charge >= 0.3 is 5.69 Å². The lowest BCUT2D eigenvalue weighted by Gasteiger charge is -2.06. The van der Waals surface area contributed by atoms with Crippen LogP contribution in [-0.2, 0) is 6.54 Å².